The highest BCUT2D eigenvalue weighted by Gasteiger charge is 2.31. The van der Waals surface area contributed by atoms with Gasteiger partial charge in [-0.2, -0.15) is 4.98 Å². The number of aliphatic carboxylic acids is 1. The molecule has 1 fully saturated rings. The van der Waals surface area contributed by atoms with Gasteiger partial charge in [-0.25, -0.2) is 9.59 Å². The van der Waals surface area contributed by atoms with Gasteiger partial charge in [0, 0.05) is 5.69 Å². The van der Waals surface area contributed by atoms with Crippen molar-refractivity contribution in [3.05, 3.63) is 26.3 Å². The number of hydrogen-bond donors (Lipinski definition) is 1. The van der Waals surface area contributed by atoms with E-state index in [0.717, 1.165) is 10.2 Å². The summed E-state index contributed by atoms with van der Waals surface area (Å²) in [7, 11) is 0. The summed E-state index contributed by atoms with van der Waals surface area (Å²) in [6.07, 6.45) is 0.0968. The molecule has 1 aliphatic rings. The van der Waals surface area contributed by atoms with Gasteiger partial charge >= 0.3 is 11.7 Å². The Balaban J connectivity index is 2.19. The van der Waals surface area contributed by atoms with E-state index in [4.69, 9.17) is 9.84 Å². The van der Waals surface area contributed by atoms with Crippen LogP contribution in [-0.4, -0.2) is 32.8 Å². The molecule has 104 valence electrons. The van der Waals surface area contributed by atoms with Crippen LogP contribution in [0.25, 0.3) is 0 Å². The lowest BCUT2D eigenvalue weighted by atomic mass is 10.2. The summed E-state index contributed by atoms with van der Waals surface area (Å²) in [5, 5.41) is 8.87. The van der Waals surface area contributed by atoms with E-state index in [0.29, 0.717) is 25.1 Å². The minimum Gasteiger partial charge on any atom is -0.479 e. The first-order chi connectivity index (χ1) is 8.90. The molecule has 2 rings (SSSR count). The van der Waals surface area contributed by atoms with Gasteiger partial charge in [0.2, 0.25) is 0 Å². The van der Waals surface area contributed by atoms with Gasteiger partial charge in [-0.15, -0.1) is 0 Å². The molecule has 0 saturated carbocycles. The maximum Gasteiger partial charge on any atom is 0.348 e. The number of carbonyl (C=O) groups is 1. The van der Waals surface area contributed by atoms with Crippen molar-refractivity contribution >= 4 is 21.9 Å². The Morgan fingerprint density at radius 2 is 2.21 bits per heavy atom. The Kier molecular flexibility index (Phi) is 4.05. The van der Waals surface area contributed by atoms with Crippen LogP contribution >= 0.6 is 15.9 Å². The maximum absolute atomic E-state index is 11.9. The zero-order valence-electron chi connectivity index (χ0n) is 10.7. The molecule has 0 aromatic carbocycles. The van der Waals surface area contributed by atoms with Crippen molar-refractivity contribution in [3.63, 3.8) is 0 Å². The number of carboxylic acids is 1. The Bertz CT molecular complexity index is 570. The van der Waals surface area contributed by atoms with Crippen LogP contribution in [0.2, 0.25) is 0 Å². The lowest BCUT2D eigenvalue weighted by Crippen LogP contribution is -2.32. The quantitative estimate of drug-likeness (QED) is 0.902. The summed E-state index contributed by atoms with van der Waals surface area (Å²) in [5.41, 5.74) is 1.09. The number of ether oxygens (including phenoxy) is 1. The predicted molar refractivity (Wildman–Crippen MR) is 71.2 cm³/mol. The number of halogens is 1. The Labute approximate surface area is 118 Å². The van der Waals surface area contributed by atoms with Gasteiger partial charge < -0.3 is 9.84 Å². The van der Waals surface area contributed by atoms with Gasteiger partial charge in [0.05, 0.1) is 22.8 Å². The first-order valence-electron chi connectivity index (χ1n) is 6.02. The molecule has 1 saturated heterocycles. The first kappa shape index (κ1) is 14.2. The number of hydrogen-bond acceptors (Lipinski definition) is 4. The maximum atomic E-state index is 11.9. The van der Waals surface area contributed by atoms with Crippen molar-refractivity contribution in [2.45, 2.75) is 45.4 Å². The average Bonchev–Trinajstić information content (AvgIpc) is 2.81. The van der Waals surface area contributed by atoms with Crippen LogP contribution in [0.1, 0.15) is 24.2 Å². The highest BCUT2D eigenvalue weighted by molar-refractivity contribution is 9.10. The molecule has 1 N–H and O–H groups in total. The molecular formula is C12H15BrN2O4. The van der Waals surface area contributed by atoms with Crippen LogP contribution in [0, 0.1) is 13.8 Å². The number of aromatic nitrogens is 2. The number of aryl methyl sites for hydroxylation is 1. The van der Waals surface area contributed by atoms with E-state index in [2.05, 4.69) is 20.9 Å². The number of nitrogens with zero attached hydrogens (tertiary/aromatic N) is 2. The Morgan fingerprint density at radius 3 is 2.79 bits per heavy atom. The fraction of sp³-hybridized carbons (Fsp3) is 0.583. The van der Waals surface area contributed by atoms with Crippen LogP contribution in [0.4, 0.5) is 0 Å². The van der Waals surface area contributed by atoms with Crippen molar-refractivity contribution in [3.8, 4) is 0 Å². The molecule has 0 aliphatic carbocycles. The third-order valence-electron chi connectivity index (χ3n) is 3.30. The summed E-state index contributed by atoms with van der Waals surface area (Å²) >= 11 is 3.39. The molecule has 0 radical (unpaired) electrons. The van der Waals surface area contributed by atoms with Crippen LogP contribution in [0.3, 0.4) is 0 Å². The van der Waals surface area contributed by atoms with Crippen molar-refractivity contribution in [1.82, 2.24) is 9.55 Å². The smallest absolute Gasteiger partial charge is 0.348 e. The van der Waals surface area contributed by atoms with E-state index in [1.165, 1.54) is 4.57 Å². The molecule has 1 aromatic rings. The zero-order valence-corrected chi connectivity index (χ0v) is 12.3. The topological polar surface area (TPSA) is 81.4 Å². The Hall–Kier alpha value is -1.21. The fourth-order valence-corrected chi connectivity index (χ4v) is 2.52. The summed E-state index contributed by atoms with van der Waals surface area (Å²) < 4.78 is 7.72. The van der Waals surface area contributed by atoms with Crippen LogP contribution in [0.5, 0.6) is 0 Å². The van der Waals surface area contributed by atoms with E-state index in [9.17, 15) is 9.59 Å². The minimum absolute atomic E-state index is 0.256. The van der Waals surface area contributed by atoms with E-state index in [1.54, 1.807) is 6.92 Å². The molecule has 2 heterocycles. The second-order valence-corrected chi connectivity index (χ2v) is 5.45. The molecule has 0 spiro atoms. The number of rotatable bonds is 3. The third-order valence-corrected chi connectivity index (χ3v) is 4.45. The van der Waals surface area contributed by atoms with E-state index in [-0.39, 0.29) is 11.8 Å². The summed E-state index contributed by atoms with van der Waals surface area (Å²) in [4.78, 5) is 26.6. The number of carboxylic acid groups (broad SMARTS) is 1. The molecule has 1 aliphatic heterocycles. The van der Waals surface area contributed by atoms with E-state index in [1.807, 2.05) is 6.92 Å². The van der Waals surface area contributed by atoms with Crippen LogP contribution in [0.15, 0.2) is 9.27 Å². The Morgan fingerprint density at radius 1 is 1.53 bits per heavy atom. The molecule has 6 nitrogen and oxygen atoms in total. The average molecular weight is 331 g/mol. The third kappa shape index (κ3) is 2.87. The largest absolute Gasteiger partial charge is 0.479 e. The van der Waals surface area contributed by atoms with Crippen molar-refractivity contribution in [2.75, 3.05) is 0 Å². The SMILES string of the molecule is Cc1nc(=O)n(CC2CCC(C(=O)O)O2)c(C)c1Br. The molecule has 0 bridgehead atoms. The van der Waals surface area contributed by atoms with E-state index >= 15 is 0 Å². The fourth-order valence-electron chi connectivity index (χ4n) is 2.22. The lowest BCUT2D eigenvalue weighted by molar-refractivity contribution is -0.149. The molecule has 0 amide bonds. The zero-order chi connectivity index (χ0) is 14.2. The standard InChI is InChI=1S/C12H15BrN2O4/c1-6-10(13)7(2)15(12(18)14-6)5-8-3-4-9(19-8)11(16)17/h8-9H,3-5H2,1-2H3,(H,16,17). The van der Waals surface area contributed by atoms with Crippen LogP contribution in [-0.2, 0) is 16.1 Å². The highest BCUT2D eigenvalue weighted by atomic mass is 79.9. The van der Waals surface area contributed by atoms with Crippen molar-refractivity contribution < 1.29 is 14.6 Å². The molecular weight excluding hydrogens is 316 g/mol. The molecule has 19 heavy (non-hydrogen) atoms. The van der Waals surface area contributed by atoms with Crippen LogP contribution < -0.4 is 5.69 Å². The summed E-state index contributed by atoms with van der Waals surface area (Å²) in [6.45, 7) is 3.92. The molecule has 2 unspecified atom stereocenters. The van der Waals surface area contributed by atoms with Crippen molar-refractivity contribution in [2.24, 2.45) is 0 Å². The van der Waals surface area contributed by atoms with Gasteiger partial charge in [0.15, 0.2) is 6.10 Å². The second kappa shape index (κ2) is 5.42. The molecule has 2 atom stereocenters. The van der Waals surface area contributed by atoms with Gasteiger partial charge in [-0.05, 0) is 42.6 Å². The lowest BCUT2D eigenvalue weighted by Gasteiger charge is -2.16. The monoisotopic (exact) mass is 330 g/mol. The van der Waals surface area contributed by atoms with E-state index < -0.39 is 12.1 Å². The van der Waals surface area contributed by atoms with Gasteiger partial charge in [-0.1, -0.05) is 0 Å². The van der Waals surface area contributed by atoms with Gasteiger partial charge in [0.1, 0.15) is 0 Å². The molecule has 7 heteroatoms. The highest BCUT2D eigenvalue weighted by Crippen LogP contribution is 2.23. The van der Waals surface area contributed by atoms with Gasteiger partial charge in [0.25, 0.3) is 0 Å². The molecule has 1 aromatic heterocycles. The van der Waals surface area contributed by atoms with Gasteiger partial charge in [-0.3, -0.25) is 4.57 Å². The predicted octanol–water partition coefficient (Wildman–Crippen LogP) is 1.25. The first-order valence-corrected chi connectivity index (χ1v) is 6.81. The van der Waals surface area contributed by atoms with Crippen molar-refractivity contribution in [1.29, 1.82) is 0 Å². The second-order valence-electron chi connectivity index (χ2n) is 4.65. The summed E-state index contributed by atoms with van der Waals surface area (Å²) in [5.74, 6) is -0.949. The summed E-state index contributed by atoms with van der Waals surface area (Å²) in [6, 6.07) is 0. The normalized spacial score (nSPS) is 22.7. The minimum atomic E-state index is -0.949.